The van der Waals surface area contributed by atoms with Crippen LogP contribution in [0.3, 0.4) is 0 Å². The average molecular weight is 294 g/mol. The third-order valence-corrected chi connectivity index (χ3v) is 4.01. The fraction of sp³-hybridized carbons (Fsp3) is 0.0526. The van der Waals surface area contributed by atoms with Gasteiger partial charge in [-0.3, -0.25) is 0 Å². The second-order valence-electron chi connectivity index (χ2n) is 5.05. The van der Waals surface area contributed by atoms with Gasteiger partial charge in [-0.25, -0.2) is 0 Å². The van der Waals surface area contributed by atoms with E-state index >= 15 is 0 Å². The van der Waals surface area contributed by atoms with Crippen LogP contribution >= 0.6 is 11.6 Å². The van der Waals surface area contributed by atoms with Gasteiger partial charge in [-0.1, -0.05) is 84.4 Å². The van der Waals surface area contributed by atoms with Crippen LogP contribution in [0.15, 0.2) is 84.9 Å². The van der Waals surface area contributed by atoms with E-state index in [1.54, 1.807) is 0 Å². The van der Waals surface area contributed by atoms with Crippen molar-refractivity contribution in [3.05, 3.63) is 107 Å². The summed E-state index contributed by atoms with van der Waals surface area (Å²) in [4.78, 5) is 0. The molecule has 0 aliphatic carbocycles. The molecule has 2 N–H and O–H groups in total. The third-order valence-electron chi connectivity index (χ3n) is 3.76. The Morgan fingerprint density at radius 3 is 1.38 bits per heavy atom. The van der Waals surface area contributed by atoms with Crippen molar-refractivity contribution >= 4 is 11.6 Å². The van der Waals surface area contributed by atoms with E-state index in [0.29, 0.717) is 5.02 Å². The number of benzene rings is 3. The number of nitrogens with two attached hydrogens (primary N) is 1. The van der Waals surface area contributed by atoms with Crippen molar-refractivity contribution in [2.24, 2.45) is 5.73 Å². The minimum Gasteiger partial charge on any atom is -0.314 e. The first kappa shape index (κ1) is 13.9. The van der Waals surface area contributed by atoms with Crippen molar-refractivity contribution in [2.45, 2.75) is 5.54 Å². The molecule has 1 nitrogen and oxygen atoms in total. The Morgan fingerprint density at radius 2 is 0.952 bits per heavy atom. The van der Waals surface area contributed by atoms with E-state index in [0.717, 1.165) is 16.7 Å². The molecule has 21 heavy (non-hydrogen) atoms. The van der Waals surface area contributed by atoms with Crippen molar-refractivity contribution < 1.29 is 0 Å². The van der Waals surface area contributed by atoms with Crippen molar-refractivity contribution in [3.8, 4) is 0 Å². The molecule has 0 amide bonds. The fourth-order valence-corrected chi connectivity index (χ4v) is 2.74. The van der Waals surface area contributed by atoms with Gasteiger partial charge in [0, 0.05) is 5.02 Å². The highest BCUT2D eigenvalue weighted by molar-refractivity contribution is 6.30. The molecule has 0 unspecified atom stereocenters. The first-order valence-corrected chi connectivity index (χ1v) is 7.25. The minimum atomic E-state index is -0.687. The zero-order valence-electron chi connectivity index (χ0n) is 11.5. The Bertz CT molecular complexity index is 666. The molecule has 0 spiro atoms. The molecule has 2 heteroatoms. The van der Waals surface area contributed by atoms with Crippen LogP contribution in [-0.4, -0.2) is 0 Å². The fourth-order valence-electron chi connectivity index (χ4n) is 2.61. The van der Waals surface area contributed by atoms with E-state index in [2.05, 4.69) is 24.3 Å². The molecule has 0 aliphatic heterocycles. The number of rotatable bonds is 3. The number of halogens is 1. The second-order valence-corrected chi connectivity index (χ2v) is 5.48. The standard InChI is InChI=1S/C19H16ClN/c20-18-13-11-17(12-14-18)19(21,15-7-3-1-4-8-15)16-9-5-2-6-10-16/h1-14H,21H2. The topological polar surface area (TPSA) is 26.0 Å². The van der Waals surface area contributed by atoms with Crippen molar-refractivity contribution in [3.63, 3.8) is 0 Å². The molecule has 3 rings (SSSR count). The van der Waals surface area contributed by atoms with Crippen LogP contribution in [0.1, 0.15) is 16.7 Å². The lowest BCUT2D eigenvalue weighted by atomic mass is 9.78. The SMILES string of the molecule is NC(c1ccccc1)(c1ccccc1)c1ccc(Cl)cc1. The Kier molecular flexibility index (Phi) is 3.78. The van der Waals surface area contributed by atoms with Crippen molar-refractivity contribution in [1.29, 1.82) is 0 Å². The highest BCUT2D eigenvalue weighted by Gasteiger charge is 2.31. The van der Waals surface area contributed by atoms with E-state index in [1.807, 2.05) is 60.7 Å². The summed E-state index contributed by atoms with van der Waals surface area (Å²) < 4.78 is 0. The largest absolute Gasteiger partial charge is 0.314 e. The van der Waals surface area contributed by atoms with Crippen LogP contribution < -0.4 is 5.73 Å². The van der Waals surface area contributed by atoms with Crippen molar-refractivity contribution in [1.82, 2.24) is 0 Å². The summed E-state index contributed by atoms with van der Waals surface area (Å²) >= 11 is 6.01. The molecule has 3 aromatic rings. The summed E-state index contributed by atoms with van der Waals surface area (Å²) in [5.41, 5.74) is 9.31. The molecule has 0 radical (unpaired) electrons. The molecule has 3 aromatic carbocycles. The second kappa shape index (κ2) is 5.72. The van der Waals surface area contributed by atoms with Crippen LogP contribution in [0.4, 0.5) is 0 Å². The minimum absolute atomic E-state index is 0.687. The van der Waals surface area contributed by atoms with Crippen LogP contribution in [0.25, 0.3) is 0 Å². The molecule has 0 aromatic heterocycles. The quantitative estimate of drug-likeness (QED) is 0.702. The maximum Gasteiger partial charge on any atom is 0.0922 e. The van der Waals surface area contributed by atoms with Gasteiger partial charge in [0.25, 0.3) is 0 Å². The van der Waals surface area contributed by atoms with E-state index in [1.165, 1.54) is 0 Å². The van der Waals surface area contributed by atoms with Gasteiger partial charge in [0.05, 0.1) is 5.54 Å². The lowest BCUT2D eigenvalue weighted by Crippen LogP contribution is -2.39. The van der Waals surface area contributed by atoms with Gasteiger partial charge in [0.1, 0.15) is 0 Å². The molecule has 0 fully saturated rings. The van der Waals surface area contributed by atoms with Gasteiger partial charge in [-0.15, -0.1) is 0 Å². The number of hydrogen-bond donors (Lipinski definition) is 1. The van der Waals surface area contributed by atoms with Crippen LogP contribution in [0.2, 0.25) is 5.02 Å². The molecule has 0 saturated heterocycles. The first-order chi connectivity index (χ1) is 10.2. The summed E-state index contributed by atoms with van der Waals surface area (Å²) in [6.45, 7) is 0. The van der Waals surface area contributed by atoms with E-state index in [9.17, 15) is 0 Å². The summed E-state index contributed by atoms with van der Waals surface area (Å²) in [6.07, 6.45) is 0. The van der Waals surface area contributed by atoms with E-state index in [4.69, 9.17) is 17.3 Å². The van der Waals surface area contributed by atoms with Gasteiger partial charge >= 0.3 is 0 Å². The molecule has 104 valence electrons. The third kappa shape index (κ3) is 2.58. The van der Waals surface area contributed by atoms with Gasteiger partial charge in [-0.2, -0.15) is 0 Å². The van der Waals surface area contributed by atoms with E-state index in [-0.39, 0.29) is 0 Å². The Hall–Kier alpha value is -2.09. The zero-order valence-corrected chi connectivity index (χ0v) is 12.3. The monoisotopic (exact) mass is 293 g/mol. The predicted octanol–water partition coefficient (Wildman–Crippen LogP) is 4.59. The molecule has 0 saturated carbocycles. The number of hydrogen-bond acceptors (Lipinski definition) is 1. The summed E-state index contributed by atoms with van der Waals surface area (Å²) in [7, 11) is 0. The molecular formula is C19H16ClN. The lowest BCUT2D eigenvalue weighted by molar-refractivity contribution is 0.653. The molecule has 0 atom stereocenters. The molecular weight excluding hydrogens is 278 g/mol. The average Bonchev–Trinajstić information content (AvgIpc) is 2.56. The predicted molar refractivity (Wildman–Crippen MR) is 88.4 cm³/mol. The Morgan fingerprint density at radius 1 is 0.571 bits per heavy atom. The van der Waals surface area contributed by atoms with Crippen LogP contribution in [-0.2, 0) is 5.54 Å². The first-order valence-electron chi connectivity index (χ1n) is 6.87. The maximum atomic E-state index is 6.87. The summed E-state index contributed by atoms with van der Waals surface area (Å²) in [5.74, 6) is 0. The highest BCUT2D eigenvalue weighted by Crippen LogP contribution is 2.34. The van der Waals surface area contributed by atoms with Crippen molar-refractivity contribution in [2.75, 3.05) is 0 Å². The summed E-state index contributed by atoms with van der Waals surface area (Å²) in [5, 5.41) is 0.710. The van der Waals surface area contributed by atoms with Crippen LogP contribution in [0, 0.1) is 0 Å². The highest BCUT2D eigenvalue weighted by atomic mass is 35.5. The van der Waals surface area contributed by atoms with E-state index < -0.39 is 5.54 Å². The summed E-state index contributed by atoms with van der Waals surface area (Å²) in [6, 6.07) is 28.0. The Labute approximate surface area is 130 Å². The molecule has 0 bridgehead atoms. The normalized spacial score (nSPS) is 11.3. The van der Waals surface area contributed by atoms with Gasteiger partial charge < -0.3 is 5.73 Å². The maximum absolute atomic E-state index is 6.87. The van der Waals surface area contributed by atoms with Gasteiger partial charge in [-0.05, 0) is 28.8 Å². The zero-order chi connectivity index (χ0) is 14.7. The smallest absolute Gasteiger partial charge is 0.0922 e. The molecule has 0 aliphatic rings. The molecule has 0 heterocycles. The lowest BCUT2D eigenvalue weighted by Gasteiger charge is -2.31. The van der Waals surface area contributed by atoms with Gasteiger partial charge in [0.2, 0.25) is 0 Å². The van der Waals surface area contributed by atoms with Gasteiger partial charge in [0.15, 0.2) is 0 Å². The Balaban J connectivity index is 2.23. The van der Waals surface area contributed by atoms with Crippen LogP contribution in [0.5, 0.6) is 0 Å².